The predicted molar refractivity (Wildman–Crippen MR) is 62.4 cm³/mol. The summed E-state index contributed by atoms with van der Waals surface area (Å²) in [7, 11) is 3.45. The summed E-state index contributed by atoms with van der Waals surface area (Å²) in [5.74, 6) is 0.525. The number of hydrogen-bond donors (Lipinski definition) is 1. The Morgan fingerprint density at radius 3 is 2.94 bits per heavy atom. The second-order valence-corrected chi connectivity index (χ2v) is 3.82. The molecule has 0 amide bonds. The van der Waals surface area contributed by atoms with Crippen molar-refractivity contribution in [2.45, 2.75) is 12.5 Å². The number of aromatic nitrogens is 4. The maximum Gasteiger partial charge on any atom is 0.216 e. The predicted octanol–water partition coefficient (Wildman–Crippen LogP) is 0.461. The van der Waals surface area contributed by atoms with Crippen molar-refractivity contribution in [3.05, 3.63) is 36.0 Å². The van der Waals surface area contributed by atoms with Gasteiger partial charge >= 0.3 is 0 Å². The molecule has 0 radical (unpaired) electrons. The minimum absolute atomic E-state index is 0.184. The van der Waals surface area contributed by atoms with Gasteiger partial charge in [0, 0.05) is 19.3 Å². The van der Waals surface area contributed by atoms with Crippen molar-refractivity contribution in [1.29, 1.82) is 0 Å². The van der Waals surface area contributed by atoms with Gasteiger partial charge in [-0.05, 0) is 12.0 Å². The number of nitrogens with two attached hydrogens (primary N) is 1. The monoisotopic (exact) mass is 233 g/mol. The van der Waals surface area contributed by atoms with Crippen LogP contribution in [0.4, 0.5) is 0 Å². The lowest BCUT2D eigenvalue weighted by Crippen LogP contribution is -2.15. The Morgan fingerprint density at radius 1 is 1.47 bits per heavy atom. The van der Waals surface area contributed by atoms with Crippen LogP contribution in [0, 0.1) is 0 Å². The van der Waals surface area contributed by atoms with Crippen LogP contribution in [-0.2, 0) is 13.5 Å². The number of aryl methyl sites for hydroxylation is 1. The van der Waals surface area contributed by atoms with Crippen LogP contribution in [0.1, 0.15) is 17.3 Å². The Balaban J connectivity index is 2.11. The molecule has 6 nitrogen and oxygen atoms in total. The second-order valence-electron chi connectivity index (χ2n) is 3.82. The van der Waals surface area contributed by atoms with Crippen LogP contribution in [0.15, 0.2) is 24.8 Å². The van der Waals surface area contributed by atoms with E-state index in [0.29, 0.717) is 12.3 Å². The van der Waals surface area contributed by atoms with Crippen LogP contribution in [0.3, 0.4) is 0 Å². The van der Waals surface area contributed by atoms with Gasteiger partial charge in [-0.15, -0.1) is 0 Å². The highest BCUT2D eigenvalue weighted by molar-refractivity contribution is 5.18. The van der Waals surface area contributed by atoms with Gasteiger partial charge in [-0.3, -0.25) is 4.68 Å². The molecule has 0 aliphatic heterocycles. The summed E-state index contributed by atoms with van der Waals surface area (Å²) in [5, 5.41) is 4.10. The van der Waals surface area contributed by atoms with Gasteiger partial charge in [-0.1, -0.05) is 0 Å². The molecule has 2 N–H and O–H groups in total. The van der Waals surface area contributed by atoms with Gasteiger partial charge in [-0.25, -0.2) is 9.97 Å². The first-order valence-electron chi connectivity index (χ1n) is 5.28. The zero-order valence-corrected chi connectivity index (χ0v) is 9.87. The molecule has 0 spiro atoms. The Morgan fingerprint density at radius 2 is 2.29 bits per heavy atom. The molecule has 0 fully saturated rings. The van der Waals surface area contributed by atoms with Crippen molar-refractivity contribution in [2.75, 3.05) is 7.11 Å². The molecule has 0 aliphatic rings. The first kappa shape index (κ1) is 11.5. The third-order valence-electron chi connectivity index (χ3n) is 2.47. The van der Waals surface area contributed by atoms with E-state index in [1.165, 1.54) is 6.33 Å². The summed E-state index contributed by atoms with van der Waals surface area (Å²) in [6.07, 6.45) is 5.89. The van der Waals surface area contributed by atoms with Gasteiger partial charge in [0.25, 0.3) is 0 Å². The van der Waals surface area contributed by atoms with Gasteiger partial charge in [0.1, 0.15) is 6.33 Å². The minimum Gasteiger partial charge on any atom is -0.481 e. The highest BCUT2D eigenvalue weighted by Crippen LogP contribution is 2.16. The molecule has 2 rings (SSSR count). The third kappa shape index (κ3) is 2.79. The summed E-state index contributed by atoms with van der Waals surface area (Å²) in [4.78, 5) is 8.09. The molecular weight excluding hydrogens is 218 g/mol. The maximum absolute atomic E-state index is 6.08. The maximum atomic E-state index is 6.08. The highest BCUT2D eigenvalue weighted by Gasteiger charge is 2.11. The van der Waals surface area contributed by atoms with Crippen LogP contribution < -0.4 is 10.5 Å². The number of rotatable bonds is 4. The van der Waals surface area contributed by atoms with Crippen molar-refractivity contribution in [2.24, 2.45) is 12.8 Å². The fourth-order valence-corrected chi connectivity index (χ4v) is 1.60. The van der Waals surface area contributed by atoms with E-state index in [4.69, 9.17) is 10.5 Å². The molecule has 90 valence electrons. The van der Waals surface area contributed by atoms with E-state index >= 15 is 0 Å². The van der Waals surface area contributed by atoms with Crippen molar-refractivity contribution >= 4 is 0 Å². The van der Waals surface area contributed by atoms with Crippen LogP contribution in [0.2, 0.25) is 0 Å². The summed E-state index contributed by atoms with van der Waals surface area (Å²) in [6.45, 7) is 0. The van der Waals surface area contributed by atoms with Gasteiger partial charge in [0.2, 0.25) is 5.88 Å². The van der Waals surface area contributed by atoms with Crippen LogP contribution in [-0.4, -0.2) is 26.9 Å². The lowest BCUT2D eigenvalue weighted by atomic mass is 10.1. The molecule has 2 heterocycles. The van der Waals surface area contributed by atoms with Gasteiger partial charge in [0.05, 0.1) is 25.0 Å². The average Bonchev–Trinajstić information content (AvgIpc) is 2.75. The molecule has 0 aromatic carbocycles. The number of hydrogen-bond acceptors (Lipinski definition) is 5. The average molecular weight is 233 g/mol. The smallest absolute Gasteiger partial charge is 0.216 e. The molecule has 0 aliphatic carbocycles. The first-order valence-corrected chi connectivity index (χ1v) is 5.28. The van der Waals surface area contributed by atoms with Crippen molar-refractivity contribution in [3.8, 4) is 5.88 Å². The normalized spacial score (nSPS) is 12.4. The Kier molecular flexibility index (Phi) is 3.34. The lowest BCUT2D eigenvalue weighted by molar-refractivity contribution is 0.395. The molecule has 0 saturated heterocycles. The van der Waals surface area contributed by atoms with Gasteiger partial charge in [0.15, 0.2) is 0 Å². The second kappa shape index (κ2) is 4.92. The van der Waals surface area contributed by atoms with Gasteiger partial charge in [-0.2, -0.15) is 5.10 Å². The number of methoxy groups -OCH3 is 1. The number of ether oxygens (including phenoxy) is 1. The van der Waals surface area contributed by atoms with Crippen LogP contribution in [0.5, 0.6) is 5.88 Å². The molecule has 0 saturated carbocycles. The lowest BCUT2D eigenvalue weighted by Gasteiger charge is -2.10. The van der Waals surface area contributed by atoms with E-state index in [-0.39, 0.29) is 6.04 Å². The molecular formula is C11H15N5O. The quantitative estimate of drug-likeness (QED) is 0.830. The standard InChI is InChI=1S/C11H15N5O/c1-16-6-8(5-15-16)3-9(12)10-4-11(17-2)14-7-13-10/h4-7,9H,3,12H2,1-2H3. The summed E-state index contributed by atoms with van der Waals surface area (Å²) < 4.78 is 6.79. The summed E-state index contributed by atoms with van der Waals surface area (Å²) in [6, 6.07) is 1.57. The zero-order chi connectivity index (χ0) is 12.3. The molecule has 0 bridgehead atoms. The molecule has 17 heavy (non-hydrogen) atoms. The van der Waals surface area contributed by atoms with E-state index in [0.717, 1.165) is 11.3 Å². The minimum atomic E-state index is -0.184. The fraction of sp³-hybridized carbons (Fsp3) is 0.364. The summed E-state index contributed by atoms with van der Waals surface area (Å²) in [5.41, 5.74) is 7.92. The van der Waals surface area contributed by atoms with E-state index < -0.39 is 0 Å². The zero-order valence-electron chi connectivity index (χ0n) is 9.87. The van der Waals surface area contributed by atoms with Gasteiger partial charge < -0.3 is 10.5 Å². The Hall–Kier alpha value is -1.95. The highest BCUT2D eigenvalue weighted by atomic mass is 16.5. The molecule has 1 unspecified atom stereocenters. The summed E-state index contributed by atoms with van der Waals surface area (Å²) >= 11 is 0. The SMILES string of the molecule is COc1cc(C(N)Cc2cnn(C)c2)ncn1. The number of nitrogens with zero attached hydrogens (tertiary/aromatic N) is 4. The Labute approximate surface area is 99.4 Å². The first-order chi connectivity index (χ1) is 8.19. The third-order valence-corrected chi connectivity index (χ3v) is 2.47. The van der Waals surface area contributed by atoms with E-state index in [9.17, 15) is 0 Å². The molecule has 2 aromatic rings. The van der Waals surface area contributed by atoms with E-state index in [1.807, 2.05) is 13.2 Å². The van der Waals surface area contributed by atoms with E-state index in [2.05, 4.69) is 15.1 Å². The molecule has 1 atom stereocenters. The van der Waals surface area contributed by atoms with Crippen molar-refractivity contribution < 1.29 is 4.74 Å². The molecule has 2 aromatic heterocycles. The Bertz CT molecular complexity index is 496. The van der Waals surface area contributed by atoms with E-state index in [1.54, 1.807) is 24.1 Å². The van der Waals surface area contributed by atoms with Crippen molar-refractivity contribution in [3.63, 3.8) is 0 Å². The topological polar surface area (TPSA) is 78.9 Å². The largest absolute Gasteiger partial charge is 0.481 e. The van der Waals surface area contributed by atoms with Crippen LogP contribution in [0.25, 0.3) is 0 Å². The fourth-order valence-electron chi connectivity index (χ4n) is 1.60. The van der Waals surface area contributed by atoms with Crippen molar-refractivity contribution in [1.82, 2.24) is 19.7 Å². The molecule has 6 heteroatoms. The van der Waals surface area contributed by atoms with Crippen LogP contribution >= 0.6 is 0 Å².